The number of nitrogens with one attached hydrogen (secondary N) is 1. The third kappa shape index (κ3) is 3.76. The summed E-state index contributed by atoms with van der Waals surface area (Å²) in [6.45, 7) is 9.64. The first-order valence-corrected chi connectivity index (χ1v) is 7.48. The number of aliphatic hydroxyl groups is 1. The van der Waals surface area contributed by atoms with Crippen molar-refractivity contribution in [2.45, 2.75) is 59.0 Å². The fourth-order valence-corrected chi connectivity index (χ4v) is 3.84. The molecule has 2 rings (SSSR count). The van der Waals surface area contributed by atoms with Crippen molar-refractivity contribution in [1.82, 2.24) is 15.3 Å². The first kappa shape index (κ1) is 15.4. The Kier molecular flexibility index (Phi) is 4.45. The van der Waals surface area contributed by atoms with Gasteiger partial charge in [0.1, 0.15) is 0 Å². The molecule has 0 saturated heterocycles. The summed E-state index contributed by atoms with van der Waals surface area (Å²) in [5.41, 5.74) is 1.94. The van der Waals surface area contributed by atoms with Crippen molar-refractivity contribution < 1.29 is 5.11 Å². The normalized spacial score (nSPS) is 29.4. The van der Waals surface area contributed by atoms with Gasteiger partial charge < -0.3 is 10.4 Å². The van der Waals surface area contributed by atoms with Gasteiger partial charge in [-0.25, -0.2) is 0 Å². The van der Waals surface area contributed by atoms with E-state index >= 15 is 0 Å². The van der Waals surface area contributed by atoms with E-state index in [4.69, 9.17) is 0 Å². The van der Waals surface area contributed by atoms with Crippen LogP contribution in [0.25, 0.3) is 0 Å². The van der Waals surface area contributed by atoms with Crippen LogP contribution in [0.5, 0.6) is 0 Å². The minimum atomic E-state index is -0.187. The third-order valence-corrected chi connectivity index (χ3v) is 4.24. The van der Waals surface area contributed by atoms with Gasteiger partial charge in [0, 0.05) is 24.5 Å². The Bertz CT molecular complexity index is 444. The molecule has 1 aromatic heterocycles. The zero-order valence-electron chi connectivity index (χ0n) is 13.1. The Morgan fingerprint density at radius 3 is 2.60 bits per heavy atom. The van der Waals surface area contributed by atoms with Gasteiger partial charge in [0.25, 0.3) is 0 Å². The predicted molar refractivity (Wildman–Crippen MR) is 80.2 cm³/mol. The maximum Gasteiger partial charge on any atom is 0.0724 e. The average molecular weight is 277 g/mol. The molecule has 4 heteroatoms. The van der Waals surface area contributed by atoms with Crippen LogP contribution in [-0.2, 0) is 6.54 Å². The van der Waals surface area contributed by atoms with E-state index in [1.54, 1.807) is 6.20 Å². The molecule has 2 N–H and O–H groups in total. The summed E-state index contributed by atoms with van der Waals surface area (Å²) in [4.78, 5) is 8.65. The number of aromatic nitrogens is 2. The molecular formula is C16H27N3O. The van der Waals surface area contributed by atoms with Gasteiger partial charge in [-0.15, -0.1) is 0 Å². The molecule has 112 valence electrons. The SMILES string of the molecule is Cc1cnc(CN[C@@]2(CO)C[C@@H](C)CC(C)(C)C2)cn1. The summed E-state index contributed by atoms with van der Waals surface area (Å²) in [5, 5.41) is 13.5. The number of aryl methyl sites for hydroxylation is 1. The highest BCUT2D eigenvalue weighted by Gasteiger charge is 2.42. The standard InChI is InChI=1S/C16H27N3O/c1-12-5-15(3,4)10-16(6-12,11-20)19-9-14-8-17-13(2)7-18-14/h7-8,12,19-20H,5-6,9-11H2,1-4H3/t12-,16-/m0/s1. The molecule has 1 aliphatic rings. The quantitative estimate of drug-likeness (QED) is 0.887. The molecule has 0 unspecified atom stereocenters. The van der Waals surface area contributed by atoms with Crippen molar-refractivity contribution in [1.29, 1.82) is 0 Å². The summed E-state index contributed by atoms with van der Waals surface area (Å²) in [6.07, 6.45) is 6.84. The summed E-state index contributed by atoms with van der Waals surface area (Å²) in [5.74, 6) is 0.627. The first-order chi connectivity index (χ1) is 9.34. The molecule has 1 aromatic rings. The molecule has 0 amide bonds. The second kappa shape index (κ2) is 5.78. The Balaban J connectivity index is 2.05. The molecule has 0 aromatic carbocycles. The Hall–Kier alpha value is -1.00. The van der Waals surface area contributed by atoms with E-state index in [2.05, 4.69) is 36.1 Å². The fourth-order valence-electron chi connectivity index (χ4n) is 3.84. The molecule has 0 radical (unpaired) electrons. The summed E-state index contributed by atoms with van der Waals surface area (Å²) >= 11 is 0. The molecule has 1 heterocycles. The molecule has 0 bridgehead atoms. The Morgan fingerprint density at radius 2 is 2.05 bits per heavy atom. The van der Waals surface area contributed by atoms with Crippen LogP contribution in [0.4, 0.5) is 0 Å². The second-order valence-corrected chi connectivity index (χ2v) is 7.30. The van der Waals surface area contributed by atoms with Crippen molar-refractivity contribution in [3.05, 3.63) is 23.8 Å². The van der Waals surface area contributed by atoms with Gasteiger partial charge in [0.15, 0.2) is 0 Å². The molecular weight excluding hydrogens is 250 g/mol. The van der Waals surface area contributed by atoms with E-state index in [1.165, 1.54) is 6.42 Å². The maximum atomic E-state index is 9.92. The largest absolute Gasteiger partial charge is 0.394 e. The summed E-state index contributed by atoms with van der Waals surface area (Å²) in [7, 11) is 0. The summed E-state index contributed by atoms with van der Waals surface area (Å²) < 4.78 is 0. The van der Waals surface area contributed by atoms with Crippen LogP contribution in [0.3, 0.4) is 0 Å². The van der Waals surface area contributed by atoms with Gasteiger partial charge in [0.05, 0.1) is 18.0 Å². The zero-order chi connectivity index (χ0) is 14.8. The molecule has 20 heavy (non-hydrogen) atoms. The number of hydrogen-bond donors (Lipinski definition) is 2. The summed E-state index contributed by atoms with van der Waals surface area (Å²) in [6, 6.07) is 0. The van der Waals surface area contributed by atoms with Crippen LogP contribution in [0.2, 0.25) is 0 Å². The number of rotatable bonds is 4. The van der Waals surface area contributed by atoms with E-state index < -0.39 is 0 Å². The van der Waals surface area contributed by atoms with E-state index in [9.17, 15) is 5.11 Å². The topological polar surface area (TPSA) is 58.0 Å². The van der Waals surface area contributed by atoms with Gasteiger partial charge in [0.2, 0.25) is 0 Å². The smallest absolute Gasteiger partial charge is 0.0724 e. The highest BCUT2D eigenvalue weighted by atomic mass is 16.3. The lowest BCUT2D eigenvalue weighted by molar-refractivity contribution is 0.0350. The van der Waals surface area contributed by atoms with Crippen LogP contribution in [-0.4, -0.2) is 27.2 Å². The van der Waals surface area contributed by atoms with Crippen molar-refractivity contribution in [2.75, 3.05) is 6.61 Å². The van der Waals surface area contributed by atoms with Gasteiger partial charge in [-0.3, -0.25) is 9.97 Å². The van der Waals surface area contributed by atoms with Crippen molar-refractivity contribution in [3.8, 4) is 0 Å². The molecule has 1 fully saturated rings. The molecule has 4 nitrogen and oxygen atoms in total. The lowest BCUT2D eigenvalue weighted by Gasteiger charge is -2.47. The van der Waals surface area contributed by atoms with E-state index in [1.807, 2.05) is 13.1 Å². The van der Waals surface area contributed by atoms with Crippen LogP contribution in [0.1, 0.15) is 51.4 Å². The minimum Gasteiger partial charge on any atom is -0.394 e. The monoisotopic (exact) mass is 277 g/mol. The van der Waals surface area contributed by atoms with Gasteiger partial charge in [-0.1, -0.05) is 20.8 Å². The highest BCUT2D eigenvalue weighted by molar-refractivity contribution is 5.04. The second-order valence-electron chi connectivity index (χ2n) is 7.30. The molecule has 0 spiro atoms. The fraction of sp³-hybridized carbons (Fsp3) is 0.750. The van der Waals surface area contributed by atoms with Crippen LogP contribution in [0.15, 0.2) is 12.4 Å². The van der Waals surface area contributed by atoms with Gasteiger partial charge >= 0.3 is 0 Å². The molecule has 0 aliphatic heterocycles. The van der Waals surface area contributed by atoms with E-state index in [0.29, 0.717) is 12.5 Å². The number of nitrogens with zero attached hydrogens (tertiary/aromatic N) is 2. The van der Waals surface area contributed by atoms with E-state index in [0.717, 1.165) is 24.2 Å². The highest BCUT2D eigenvalue weighted by Crippen LogP contribution is 2.43. The van der Waals surface area contributed by atoms with Gasteiger partial charge in [-0.05, 0) is 37.5 Å². The molecule has 1 saturated carbocycles. The Morgan fingerprint density at radius 1 is 1.30 bits per heavy atom. The lowest BCUT2D eigenvalue weighted by Crippen LogP contribution is -2.54. The van der Waals surface area contributed by atoms with E-state index in [-0.39, 0.29) is 17.6 Å². The van der Waals surface area contributed by atoms with Gasteiger partial charge in [-0.2, -0.15) is 0 Å². The van der Waals surface area contributed by atoms with Crippen molar-refractivity contribution >= 4 is 0 Å². The Labute approximate surface area is 122 Å². The molecule has 2 atom stereocenters. The van der Waals surface area contributed by atoms with Crippen molar-refractivity contribution in [3.63, 3.8) is 0 Å². The zero-order valence-corrected chi connectivity index (χ0v) is 13.1. The lowest BCUT2D eigenvalue weighted by atomic mass is 9.64. The number of aliphatic hydroxyl groups excluding tert-OH is 1. The predicted octanol–water partition coefficient (Wildman–Crippen LogP) is 2.45. The van der Waals surface area contributed by atoms with Crippen LogP contribution >= 0.6 is 0 Å². The maximum absolute atomic E-state index is 9.92. The third-order valence-electron chi connectivity index (χ3n) is 4.24. The first-order valence-electron chi connectivity index (χ1n) is 7.48. The van der Waals surface area contributed by atoms with Crippen molar-refractivity contribution in [2.24, 2.45) is 11.3 Å². The van der Waals surface area contributed by atoms with Crippen LogP contribution in [0, 0.1) is 18.3 Å². The minimum absolute atomic E-state index is 0.181. The molecule has 1 aliphatic carbocycles. The van der Waals surface area contributed by atoms with Crippen LogP contribution < -0.4 is 5.32 Å². The number of hydrogen-bond acceptors (Lipinski definition) is 4. The average Bonchev–Trinajstić information content (AvgIpc) is 2.36.